The fraction of sp³-hybridized carbons (Fsp3) is 0.417. The highest BCUT2D eigenvalue weighted by Crippen LogP contribution is 2.26. The molecule has 2 aliphatic rings. The van der Waals surface area contributed by atoms with Crippen LogP contribution in [0.4, 0.5) is 5.82 Å². The summed E-state index contributed by atoms with van der Waals surface area (Å²) in [7, 11) is 1.77. The first-order valence-electron chi connectivity index (χ1n) is 11.5. The van der Waals surface area contributed by atoms with Crippen molar-refractivity contribution in [1.29, 1.82) is 0 Å². The summed E-state index contributed by atoms with van der Waals surface area (Å²) in [4.78, 5) is 35.0. The smallest absolute Gasteiger partial charge is 0.263 e. The molecule has 0 bridgehead atoms. The number of aryl methyl sites for hydroxylation is 1. The van der Waals surface area contributed by atoms with Crippen molar-refractivity contribution in [2.75, 3.05) is 31.6 Å². The second-order valence-corrected chi connectivity index (χ2v) is 9.19. The number of amides is 1. The number of ether oxygens (including phenoxy) is 1. The highest BCUT2D eigenvalue weighted by molar-refractivity contribution is 6.32. The number of nitrogens with one attached hydrogen (secondary N) is 2. The molecule has 9 nitrogen and oxygen atoms in total. The molecule has 0 aromatic carbocycles. The number of fused-ring (bicyclic) bond motifs is 2. The highest BCUT2D eigenvalue weighted by atomic mass is 35.5. The summed E-state index contributed by atoms with van der Waals surface area (Å²) >= 11 is 6.48. The zero-order valence-corrected chi connectivity index (χ0v) is 22.2. The van der Waals surface area contributed by atoms with Crippen LogP contribution in [-0.2, 0) is 24.8 Å². The van der Waals surface area contributed by atoms with Gasteiger partial charge in [0.2, 0.25) is 0 Å². The molecule has 0 saturated carbocycles. The van der Waals surface area contributed by atoms with E-state index in [1.807, 2.05) is 12.1 Å². The zero-order valence-electron chi connectivity index (χ0n) is 19.8. The standard InChI is InChI=1S/C24H27ClN6O3.2ClH/c1-30-22(33)5-3-19-23(30)17(18(25)13-27-19)8-11-31-9-6-15(7-10-31)26-12-16-2-4-20-24(28-16)29-21(32)14-34-20;;/h2-5,13,15,26H,6-12,14H2,1H3,(H,28,29,32);2*1H. The molecular formula is C24H29Cl3N6O3. The maximum atomic E-state index is 12.1. The first-order valence-corrected chi connectivity index (χ1v) is 11.9. The van der Waals surface area contributed by atoms with Gasteiger partial charge < -0.3 is 24.8 Å². The van der Waals surface area contributed by atoms with Gasteiger partial charge >= 0.3 is 0 Å². The number of rotatable bonds is 6. The summed E-state index contributed by atoms with van der Waals surface area (Å²) in [5.74, 6) is 0.921. The lowest BCUT2D eigenvalue weighted by atomic mass is 10.0. The van der Waals surface area contributed by atoms with Crippen molar-refractivity contribution >= 4 is 59.2 Å². The fourth-order valence-corrected chi connectivity index (χ4v) is 4.85. The van der Waals surface area contributed by atoms with E-state index >= 15 is 0 Å². The molecule has 194 valence electrons. The Morgan fingerprint density at radius 2 is 1.94 bits per heavy atom. The minimum atomic E-state index is -0.180. The predicted molar refractivity (Wildman–Crippen MR) is 145 cm³/mol. The first-order chi connectivity index (χ1) is 16.5. The molecule has 12 heteroatoms. The van der Waals surface area contributed by atoms with Gasteiger partial charge in [0.05, 0.1) is 21.7 Å². The molecule has 0 aliphatic carbocycles. The van der Waals surface area contributed by atoms with E-state index in [0.717, 1.165) is 61.2 Å². The molecule has 0 spiro atoms. The van der Waals surface area contributed by atoms with Crippen LogP contribution in [0.1, 0.15) is 24.1 Å². The van der Waals surface area contributed by atoms with Crippen LogP contribution in [0.15, 0.2) is 35.3 Å². The third kappa shape index (κ3) is 6.10. The van der Waals surface area contributed by atoms with Crippen molar-refractivity contribution in [3.05, 3.63) is 57.1 Å². The predicted octanol–water partition coefficient (Wildman–Crippen LogP) is 2.95. The maximum Gasteiger partial charge on any atom is 0.263 e. The molecule has 3 aromatic heterocycles. The quantitative estimate of drug-likeness (QED) is 0.482. The number of halogens is 3. The van der Waals surface area contributed by atoms with Crippen LogP contribution in [0.2, 0.25) is 5.02 Å². The molecule has 36 heavy (non-hydrogen) atoms. The Kier molecular flexibility index (Phi) is 9.54. The Hall–Kier alpha value is -2.43. The van der Waals surface area contributed by atoms with Gasteiger partial charge in [-0.2, -0.15) is 0 Å². The van der Waals surface area contributed by atoms with E-state index < -0.39 is 0 Å². The van der Waals surface area contributed by atoms with Gasteiger partial charge in [0, 0.05) is 38.4 Å². The number of carbonyl (C=O) groups excluding carboxylic acids is 1. The molecule has 0 atom stereocenters. The molecule has 0 unspecified atom stereocenters. The number of anilines is 1. The van der Waals surface area contributed by atoms with Crippen LogP contribution in [0, 0.1) is 0 Å². The van der Waals surface area contributed by atoms with Crippen LogP contribution >= 0.6 is 36.4 Å². The maximum absolute atomic E-state index is 12.1. The van der Waals surface area contributed by atoms with Gasteiger partial charge in [0.25, 0.3) is 11.5 Å². The molecule has 5 heterocycles. The summed E-state index contributed by atoms with van der Waals surface area (Å²) in [6.07, 6.45) is 4.51. The minimum absolute atomic E-state index is 0. The van der Waals surface area contributed by atoms with E-state index in [2.05, 4.69) is 25.5 Å². The van der Waals surface area contributed by atoms with Crippen molar-refractivity contribution in [3.63, 3.8) is 0 Å². The average molecular weight is 556 g/mol. The van der Waals surface area contributed by atoms with E-state index in [1.165, 1.54) is 6.07 Å². The van der Waals surface area contributed by atoms with Gasteiger partial charge in [-0.3, -0.25) is 14.6 Å². The number of carbonyl (C=O) groups is 1. The molecule has 5 rings (SSSR count). The largest absolute Gasteiger partial charge is 0.480 e. The Morgan fingerprint density at radius 3 is 2.72 bits per heavy atom. The second kappa shape index (κ2) is 12.2. The molecular weight excluding hydrogens is 527 g/mol. The van der Waals surface area contributed by atoms with Gasteiger partial charge in [0.15, 0.2) is 18.2 Å². The van der Waals surface area contributed by atoms with E-state index in [4.69, 9.17) is 16.3 Å². The monoisotopic (exact) mass is 554 g/mol. The Labute approximate surface area is 226 Å². The topological polar surface area (TPSA) is 101 Å². The molecule has 1 amide bonds. The second-order valence-electron chi connectivity index (χ2n) is 8.78. The number of aromatic nitrogens is 3. The van der Waals surface area contributed by atoms with Crippen molar-refractivity contribution in [1.82, 2.24) is 24.8 Å². The molecule has 0 radical (unpaired) electrons. The Bertz CT molecular complexity index is 1290. The van der Waals surface area contributed by atoms with E-state index in [9.17, 15) is 9.59 Å². The summed E-state index contributed by atoms with van der Waals surface area (Å²) < 4.78 is 7.00. The van der Waals surface area contributed by atoms with Crippen LogP contribution < -0.4 is 20.9 Å². The van der Waals surface area contributed by atoms with Gasteiger partial charge in [-0.15, -0.1) is 24.8 Å². The summed E-state index contributed by atoms with van der Waals surface area (Å²) in [5, 5.41) is 6.94. The summed E-state index contributed by atoms with van der Waals surface area (Å²) in [6.45, 7) is 3.52. The SMILES string of the molecule is Cl.Cl.Cn1c(=O)ccc2ncc(Cl)c(CCN3CCC(NCc4ccc5c(n4)NC(=O)CO5)CC3)c21. The lowest BCUT2D eigenvalue weighted by Crippen LogP contribution is -2.43. The van der Waals surface area contributed by atoms with Gasteiger partial charge in [-0.05, 0) is 56.1 Å². The van der Waals surface area contributed by atoms with Crippen LogP contribution in [0.25, 0.3) is 11.0 Å². The van der Waals surface area contributed by atoms with Crippen LogP contribution in [-0.4, -0.2) is 57.6 Å². The lowest BCUT2D eigenvalue weighted by molar-refractivity contribution is -0.118. The molecule has 2 N–H and O–H groups in total. The van der Waals surface area contributed by atoms with E-state index in [-0.39, 0.29) is 42.9 Å². The highest BCUT2D eigenvalue weighted by Gasteiger charge is 2.21. The number of hydrogen-bond acceptors (Lipinski definition) is 7. The molecule has 1 fully saturated rings. The third-order valence-corrected chi connectivity index (χ3v) is 6.88. The average Bonchev–Trinajstić information content (AvgIpc) is 2.85. The van der Waals surface area contributed by atoms with Crippen LogP contribution in [0.5, 0.6) is 5.75 Å². The molecule has 1 saturated heterocycles. The van der Waals surface area contributed by atoms with Gasteiger partial charge in [-0.1, -0.05) is 11.6 Å². The van der Waals surface area contributed by atoms with Crippen molar-refractivity contribution in [3.8, 4) is 5.75 Å². The normalized spacial score (nSPS) is 15.9. The summed E-state index contributed by atoms with van der Waals surface area (Å²) in [5.41, 5.74) is 3.38. The van der Waals surface area contributed by atoms with Crippen LogP contribution in [0.3, 0.4) is 0 Å². The Morgan fingerprint density at radius 1 is 1.17 bits per heavy atom. The number of piperidine rings is 1. The third-order valence-electron chi connectivity index (χ3n) is 6.55. The molecule has 2 aliphatic heterocycles. The van der Waals surface area contributed by atoms with Crippen molar-refractivity contribution in [2.45, 2.75) is 31.8 Å². The number of nitrogens with zero attached hydrogens (tertiary/aromatic N) is 4. The number of likely N-dealkylation sites (tertiary alicyclic amines) is 1. The van der Waals surface area contributed by atoms with Gasteiger partial charge in [-0.25, -0.2) is 4.98 Å². The van der Waals surface area contributed by atoms with Crippen molar-refractivity contribution in [2.24, 2.45) is 7.05 Å². The fourth-order valence-electron chi connectivity index (χ4n) is 4.62. The van der Waals surface area contributed by atoms with Gasteiger partial charge in [0.1, 0.15) is 0 Å². The summed E-state index contributed by atoms with van der Waals surface area (Å²) in [6, 6.07) is 7.48. The lowest BCUT2D eigenvalue weighted by Gasteiger charge is -2.32. The number of pyridine rings is 3. The number of hydrogen-bond donors (Lipinski definition) is 2. The van der Waals surface area contributed by atoms with E-state index in [1.54, 1.807) is 23.9 Å². The molecule has 3 aromatic rings. The zero-order chi connectivity index (χ0) is 23.7. The minimum Gasteiger partial charge on any atom is -0.480 e. The van der Waals surface area contributed by atoms with E-state index in [0.29, 0.717) is 29.2 Å². The first kappa shape index (κ1) is 28.1. The van der Waals surface area contributed by atoms with Crippen molar-refractivity contribution < 1.29 is 9.53 Å². The Balaban J connectivity index is 0.00000180.